The van der Waals surface area contributed by atoms with Crippen molar-refractivity contribution in [3.05, 3.63) is 28.5 Å². The molecule has 4 rings (SSSR count). The van der Waals surface area contributed by atoms with Gasteiger partial charge in [-0.05, 0) is 31.4 Å². The summed E-state index contributed by atoms with van der Waals surface area (Å²) in [7, 11) is -2.86. The lowest BCUT2D eigenvalue weighted by atomic mass is 10.1. The minimum Gasteiger partial charge on any atom is -0.464 e. The van der Waals surface area contributed by atoms with Gasteiger partial charge in [0.05, 0.1) is 17.5 Å². The highest BCUT2D eigenvalue weighted by atomic mass is 32.2. The SMILES string of the molecule is COC(=O)c1nc(-c2nnc(C(F)F)s2)n2cc(S(=O)(=O)NC3(C)CC3)cc(CC=O)c12. The van der Waals surface area contributed by atoms with Crippen LogP contribution in [0.5, 0.6) is 0 Å². The first-order chi connectivity index (χ1) is 15.1. The third-order valence-electron chi connectivity index (χ3n) is 4.98. The van der Waals surface area contributed by atoms with Gasteiger partial charge in [0.25, 0.3) is 6.43 Å². The smallest absolute Gasteiger partial charge is 0.358 e. The molecular formula is C18H17F2N5O5S2. The molecule has 0 saturated heterocycles. The van der Waals surface area contributed by atoms with Gasteiger partial charge in [-0.2, -0.15) is 0 Å². The minimum absolute atomic E-state index is 0.0563. The molecule has 1 saturated carbocycles. The lowest BCUT2D eigenvalue weighted by Crippen LogP contribution is -2.34. The Hall–Kier alpha value is -2.84. The molecule has 3 aromatic heterocycles. The van der Waals surface area contributed by atoms with Crippen LogP contribution in [0.15, 0.2) is 17.2 Å². The maximum atomic E-state index is 13.0. The summed E-state index contributed by atoms with van der Waals surface area (Å²) in [5.74, 6) is -0.926. The number of hydrogen-bond donors (Lipinski definition) is 1. The van der Waals surface area contributed by atoms with Gasteiger partial charge in [0.15, 0.2) is 21.5 Å². The first-order valence-electron chi connectivity index (χ1n) is 9.31. The van der Waals surface area contributed by atoms with E-state index in [0.717, 1.165) is 7.11 Å². The number of carbonyl (C=O) groups excluding carboxylic acids is 2. The number of hydrogen-bond acceptors (Lipinski definition) is 9. The van der Waals surface area contributed by atoms with Crippen molar-refractivity contribution in [2.45, 2.75) is 43.0 Å². The molecular weight excluding hydrogens is 468 g/mol. The lowest BCUT2D eigenvalue weighted by Gasteiger charge is -2.14. The molecule has 1 aliphatic rings. The number of aromatic nitrogens is 4. The Morgan fingerprint density at radius 3 is 2.69 bits per heavy atom. The molecule has 14 heteroatoms. The van der Waals surface area contributed by atoms with E-state index in [9.17, 15) is 26.8 Å². The molecule has 10 nitrogen and oxygen atoms in total. The van der Waals surface area contributed by atoms with E-state index >= 15 is 0 Å². The Kier molecular flexibility index (Phi) is 5.55. The van der Waals surface area contributed by atoms with Crippen molar-refractivity contribution in [3.8, 4) is 10.8 Å². The molecule has 0 bridgehead atoms. The van der Waals surface area contributed by atoms with Crippen LogP contribution >= 0.6 is 11.3 Å². The summed E-state index contributed by atoms with van der Waals surface area (Å²) >= 11 is 0.552. The van der Waals surface area contributed by atoms with Crippen LogP contribution in [-0.4, -0.2) is 52.9 Å². The summed E-state index contributed by atoms with van der Waals surface area (Å²) in [6, 6.07) is 1.28. The predicted molar refractivity (Wildman–Crippen MR) is 108 cm³/mol. The molecule has 32 heavy (non-hydrogen) atoms. The number of rotatable bonds is 8. The number of nitrogens with one attached hydrogen (secondary N) is 1. The zero-order chi connectivity index (χ0) is 23.3. The van der Waals surface area contributed by atoms with Crippen LogP contribution in [0, 0.1) is 0 Å². The first-order valence-corrected chi connectivity index (χ1v) is 11.6. The highest BCUT2D eigenvalue weighted by molar-refractivity contribution is 7.89. The number of alkyl halides is 2. The number of pyridine rings is 1. The Balaban J connectivity index is 1.99. The molecule has 1 N–H and O–H groups in total. The summed E-state index contributed by atoms with van der Waals surface area (Å²) in [4.78, 5) is 27.7. The molecule has 170 valence electrons. The number of halogens is 2. The van der Waals surface area contributed by atoms with Crippen LogP contribution in [0.3, 0.4) is 0 Å². The van der Waals surface area contributed by atoms with E-state index in [4.69, 9.17) is 4.74 Å². The van der Waals surface area contributed by atoms with Crippen LogP contribution < -0.4 is 4.72 Å². The standard InChI is InChI=1S/C18H17F2N5O5S2/c1-18(4-5-18)24-32(28,29)10-7-9(3-6-26)12-11(17(27)30-2)21-14(25(12)8-10)16-23-22-15(31-16)13(19)20/h6-8,13,24H,3-5H2,1-2H3. The number of fused-ring (bicyclic) bond motifs is 1. The molecule has 0 unspecified atom stereocenters. The van der Waals surface area contributed by atoms with Gasteiger partial charge in [-0.25, -0.2) is 31.7 Å². The van der Waals surface area contributed by atoms with Crippen molar-refractivity contribution in [2.24, 2.45) is 0 Å². The fourth-order valence-corrected chi connectivity index (χ4v) is 5.34. The zero-order valence-corrected chi connectivity index (χ0v) is 18.5. The van der Waals surface area contributed by atoms with Crippen molar-refractivity contribution in [1.29, 1.82) is 0 Å². The Labute approximate surface area is 184 Å². The third-order valence-corrected chi connectivity index (χ3v) is 7.51. The zero-order valence-electron chi connectivity index (χ0n) is 16.8. The molecule has 3 heterocycles. The molecule has 0 atom stereocenters. The average Bonchev–Trinajstić information content (AvgIpc) is 3.14. The van der Waals surface area contributed by atoms with E-state index in [1.165, 1.54) is 16.7 Å². The van der Waals surface area contributed by atoms with Crippen LogP contribution in [0.4, 0.5) is 8.78 Å². The molecule has 0 aromatic carbocycles. The highest BCUT2D eigenvalue weighted by Crippen LogP contribution is 2.37. The van der Waals surface area contributed by atoms with Crippen LogP contribution in [0.1, 0.15) is 47.3 Å². The topological polar surface area (TPSA) is 133 Å². The van der Waals surface area contributed by atoms with Gasteiger partial charge >= 0.3 is 5.97 Å². The molecule has 0 aliphatic heterocycles. The third kappa shape index (κ3) is 4.00. The van der Waals surface area contributed by atoms with E-state index in [0.29, 0.717) is 30.5 Å². The normalized spacial score (nSPS) is 15.3. The van der Waals surface area contributed by atoms with Crippen LogP contribution in [-0.2, 0) is 26.0 Å². The number of ether oxygens (including phenoxy) is 1. The Bertz CT molecular complexity index is 1330. The minimum atomic E-state index is -3.99. The number of esters is 1. The fourth-order valence-electron chi connectivity index (χ4n) is 3.14. The second-order valence-corrected chi connectivity index (χ2v) is 10.2. The van der Waals surface area contributed by atoms with Gasteiger partial charge in [0.2, 0.25) is 10.0 Å². The van der Waals surface area contributed by atoms with Gasteiger partial charge in [-0.3, -0.25) is 4.40 Å². The molecule has 0 radical (unpaired) electrons. The molecule has 1 aliphatic carbocycles. The monoisotopic (exact) mass is 485 g/mol. The van der Waals surface area contributed by atoms with Crippen LogP contribution in [0.2, 0.25) is 0 Å². The van der Waals surface area contributed by atoms with E-state index in [2.05, 4.69) is 19.9 Å². The van der Waals surface area contributed by atoms with Crippen molar-refractivity contribution >= 4 is 39.1 Å². The average molecular weight is 485 g/mol. The van der Waals surface area contributed by atoms with E-state index in [1.54, 1.807) is 6.92 Å². The first kappa shape index (κ1) is 22.4. The lowest BCUT2D eigenvalue weighted by molar-refractivity contribution is -0.107. The largest absolute Gasteiger partial charge is 0.464 e. The predicted octanol–water partition coefficient (Wildman–Crippen LogP) is 2.15. The number of aldehydes is 1. The van der Waals surface area contributed by atoms with E-state index in [1.807, 2.05) is 0 Å². The van der Waals surface area contributed by atoms with Crippen molar-refractivity contribution in [1.82, 2.24) is 24.3 Å². The maximum absolute atomic E-state index is 13.0. The van der Waals surface area contributed by atoms with Gasteiger partial charge in [-0.15, -0.1) is 10.2 Å². The number of methoxy groups -OCH3 is 1. The summed E-state index contributed by atoms with van der Waals surface area (Å²) < 4.78 is 60.6. The van der Waals surface area contributed by atoms with Crippen molar-refractivity contribution < 1.29 is 31.5 Å². The summed E-state index contributed by atoms with van der Waals surface area (Å²) in [6.07, 6.45) is 0.0274. The quantitative estimate of drug-likeness (QED) is 0.379. The summed E-state index contributed by atoms with van der Waals surface area (Å²) in [5.41, 5.74) is -0.455. The number of carbonyl (C=O) groups is 2. The number of imidazole rings is 1. The Morgan fingerprint density at radius 2 is 2.12 bits per heavy atom. The second kappa shape index (κ2) is 7.94. The molecule has 1 fully saturated rings. The van der Waals surface area contributed by atoms with Gasteiger partial charge in [0.1, 0.15) is 6.29 Å². The summed E-state index contributed by atoms with van der Waals surface area (Å²) in [6.45, 7) is 1.76. The Morgan fingerprint density at radius 1 is 1.41 bits per heavy atom. The number of nitrogens with zero attached hydrogens (tertiary/aromatic N) is 4. The van der Waals surface area contributed by atoms with Crippen molar-refractivity contribution in [2.75, 3.05) is 7.11 Å². The van der Waals surface area contributed by atoms with Gasteiger partial charge in [0, 0.05) is 18.2 Å². The number of sulfonamides is 1. The van der Waals surface area contributed by atoms with Gasteiger partial charge in [-0.1, -0.05) is 11.3 Å². The van der Waals surface area contributed by atoms with Crippen LogP contribution in [0.25, 0.3) is 16.3 Å². The fraction of sp³-hybridized carbons (Fsp3) is 0.389. The molecule has 0 spiro atoms. The summed E-state index contributed by atoms with van der Waals surface area (Å²) in [5, 5.41) is 6.52. The van der Waals surface area contributed by atoms with Crippen molar-refractivity contribution in [3.63, 3.8) is 0 Å². The second-order valence-electron chi connectivity index (χ2n) is 7.48. The van der Waals surface area contributed by atoms with E-state index in [-0.39, 0.29) is 38.9 Å². The van der Waals surface area contributed by atoms with E-state index < -0.39 is 33.0 Å². The maximum Gasteiger partial charge on any atom is 0.358 e. The molecule has 0 amide bonds. The molecule has 3 aromatic rings. The van der Waals surface area contributed by atoms with Gasteiger partial charge < -0.3 is 9.53 Å². The highest BCUT2D eigenvalue weighted by Gasteiger charge is 2.41.